The fourth-order valence-electron chi connectivity index (χ4n) is 2.74. The van der Waals surface area contributed by atoms with Crippen molar-refractivity contribution in [2.45, 2.75) is 50.4 Å². The highest BCUT2D eigenvalue weighted by molar-refractivity contribution is 7.98. The Morgan fingerprint density at radius 2 is 1.85 bits per heavy atom. The standard InChI is InChI=1S/C19H22N4O2S/c1-3-5-15-11-16(6-4-2)23-18(20-15)21-19(22-23)26-12-13-7-9-14(10-8-13)17(24)25/h7-11H,3-6,12H2,1-2H3,(H,24,25). The molecular formula is C19H22N4O2S. The van der Waals surface area contributed by atoms with Gasteiger partial charge in [0.2, 0.25) is 5.16 Å². The average molecular weight is 370 g/mol. The lowest BCUT2D eigenvalue weighted by Gasteiger charge is -2.05. The normalized spacial score (nSPS) is 11.2. The number of carboxylic acids is 1. The smallest absolute Gasteiger partial charge is 0.335 e. The summed E-state index contributed by atoms with van der Waals surface area (Å²) in [5.41, 5.74) is 3.54. The molecule has 26 heavy (non-hydrogen) atoms. The van der Waals surface area contributed by atoms with Crippen LogP contribution in [-0.2, 0) is 18.6 Å². The Morgan fingerprint density at radius 3 is 2.50 bits per heavy atom. The van der Waals surface area contributed by atoms with Crippen molar-refractivity contribution in [2.24, 2.45) is 0 Å². The molecule has 2 aromatic heterocycles. The number of aryl methyl sites for hydroxylation is 2. The molecule has 3 rings (SSSR count). The second-order valence-electron chi connectivity index (χ2n) is 6.14. The van der Waals surface area contributed by atoms with Gasteiger partial charge in [0, 0.05) is 17.1 Å². The van der Waals surface area contributed by atoms with Crippen LogP contribution in [0.1, 0.15) is 54.0 Å². The Hall–Kier alpha value is -2.41. The van der Waals surface area contributed by atoms with Gasteiger partial charge >= 0.3 is 5.97 Å². The van der Waals surface area contributed by atoms with E-state index in [2.05, 4.69) is 35.0 Å². The number of fused-ring (bicyclic) bond motifs is 1. The topological polar surface area (TPSA) is 80.4 Å². The van der Waals surface area contributed by atoms with Crippen LogP contribution in [0.5, 0.6) is 0 Å². The molecule has 0 amide bonds. The van der Waals surface area contributed by atoms with Crippen LogP contribution in [-0.4, -0.2) is 30.7 Å². The number of carboxylic acid groups (broad SMARTS) is 1. The van der Waals surface area contributed by atoms with Crippen molar-refractivity contribution in [3.05, 3.63) is 52.8 Å². The molecule has 0 aliphatic rings. The van der Waals surface area contributed by atoms with Crippen molar-refractivity contribution in [3.63, 3.8) is 0 Å². The lowest BCUT2D eigenvalue weighted by Crippen LogP contribution is -2.03. The summed E-state index contributed by atoms with van der Waals surface area (Å²) in [4.78, 5) is 20.1. The van der Waals surface area contributed by atoms with Crippen molar-refractivity contribution in [3.8, 4) is 0 Å². The Kier molecular flexibility index (Phi) is 5.88. The second-order valence-corrected chi connectivity index (χ2v) is 7.08. The molecule has 0 radical (unpaired) electrons. The van der Waals surface area contributed by atoms with Crippen molar-refractivity contribution in [2.75, 3.05) is 0 Å². The number of thioether (sulfide) groups is 1. The first-order chi connectivity index (χ1) is 12.6. The van der Waals surface area contributed by atoms with E-state index < -0.39 is 5.97 Å². The third-order valence-electron chi connectivity index (χ3n) is 4.00. The average Bonchev–Trinajstić information content (AvgIpc) is 3.04. The molecule has 0 aliphatic heterocycles. The van der Waals surface area contributed by atoms with Gasteiger partial charge in [-0.25, -0.2) is 14.3 Å². The molecule has 0 atom stereocenters. The summed E-state index contributed by atoms with van der Waals surface area (Å²) in [5, 5.41) is 14.3. The van der Waals surface area contributed by atoms with Crippen LogP contribution in [0, 0.1) is 0 Å². The van der Waals surface area contributed by atoms with E-state index in [1.165, 1.54) is 11.8 Å². The lowest BCUT2D eigenvalue weighted by molar-refractivity contribution is 0.0697. The Labute approximate surface area is 156 Å². The lowest BCUT2D eigenvalue weighted by atomic mass is 10.1. The molecule has 0 unspecified atom stereocenters. The summed E-state index contributed by atoms with van der Waals surface area (Å²) in [6.07, 6.45) is 3.98. The van der Waals surface area contributed by atoms with Gasteiger partial charge in [-0.05, 0) is 36.6 Å². The molecule has 0 fully saturated rings. The molecule has 3 aromatic rings. The molecule has 0 bridgehead atoms. The van der Waals surface area contributed by atoms with Crippen LogP contribution in [0.25, 0.3) is 5.78 Å². The quantitative estimate of drug-likeness (QED) is 0.603. The number of benzene rings is 1. The van der Waals surface area contributed by atoms with Crippen molar-refractivity contribution >= 4 is 23.5 Å². The van der Waals surface area contributed by atoms with E-state index in [4.69, 9.17) is 5.11 Å². The molecule has 2 heterocycles. The van der Waals surface area contributed by atoms with E-state index in [0.717, 1.165) is 42.6 Å². The van der Waals surface area contributed by atoms with E-state index in [1.54, 1.807) is 12.1 Å². The third kappa shape index (κ3) is 4.22. The highest BCUT2D eigenvalue weighted by Crippen LogP contribution is 2.21. The molecule has 6 nitrogen and oxygen atoms in total. The van der Waals surface area contributed by atoms with E-state index in [1.807, 2.05) is 16.6 Å². The molecule has 0 saturated heterocycles. The van der Waals surface area contributed by atoms with Gasteiger partial charge in [0.1, 0.15) is 0 Å². The van der Waals surface area contributed by atoms with E-state index in [-0.39, 0.29) is 0 Å². The maximum atomic E-state index is 10.9. The molecule has 1 N–H and O–H groups in total. The zero-order valence-corrected chi connectivity index (χ0v) is 15.8. The van der Waals surface area contributed by atoms with Crippen LogP contribution >= 0.6 is 11.8 Å². The summed E-state index contributed by atoms with van der Waals surface area (Å²) in [6.45, 7) is 4.30. The fraction of sp³-hybridized carbons (Fsp3) is 0.368. The zero-order valence-electron chi connectivity index (χ0n) is 15.0. The second kappa shape index (κ2) is 8.31. The molecule has 0 spiro atoms. The minimum absolute atomic E-state index is 0.293. The molecular weight excluding hydrogens is 348 g/mol. The summed E-state index contributed by atoms with van der Waals surface area (Å²) in [5.74, 6) is 0.425. The first-order valence-electron chi connectivity index (χ1n) is 8.81. The van der Waals surface area contributed by atoms with Crippen molar-refractivity contribution < 1.29 is 9.90 Å². The van der Waals surface area contributed by atoms with Gasteiger partial charge in [0.15, 0.2) is 0 Å². The van der Waals surface area contributed by atoms with Gasteiger partial charge in [0.05, 0.1) is 5.56 Å². The summed E-state index contributed by atoms with van der Waals surface area (Å²) < 4.78 is 1.85. The van der Waals surface area contributed by atoms with Gasteiger partial charge in [-0.3, -0.25) is 0 Å². The monoisotopic (exact) mass is 370 g/mol. The SMILES string of the molecule is CCCc1cc(CCC)n2nc(SCc3ccc(C(=O)O)cc3)nc2n1. The van der Waals surface area contributed by atoms with Crippen LogP contribution < -0.4 is 0 Å². The molecule has 7 heteroatoms. The van der Waals surface area contributed by atoms with Crippen LogP contribution in [0.15, 0.2) is 35.5 Å². The number of rotatable bonds is 8. The summed E-state index contributed by atoms with van der Waals surface area (Å²) in [6, 6.07) is 9.02. The number of hydrogen-bond acceptors (Lipinski definition) is 5. The molecule has 1 aromatic carbocycles. The largest absolute Gasteiger partial charge is 0.478 e. The number of aromatic carboxylic acids is 1. The minimum atomic E-state index is -0.913. The van der Waals surface area contributed by atoms with Crippen molar-refractivity contribution in [1.82, 2.24) is 19.6 Å². The van der Waals surface area contributed by atoms with Gasteiger partial charge in [-0.2, -0.15) is 4.98 Å². The van der Waals surface area contributed by atoms with E-state index >= 15 is 0 Å². The van der Waals surface area contributed by atoms with Gasteiger partial charge in [-0.15, -0.1) is 5.10 Å². The van der Waals surface area contributed by atoms with Gasteiger partial charge in [-0.1, -0.05) is 50.6 Å². The zero-order chi connectivity index (χ0) is 18.5. The maximum Gasteiger partial charge on any atom is 0.335 e. The summed E-state index contributed by atoms with van der Waals surface area (Å²) >= 11 is 1.53. The Bertz CT molecular complexity index is 906. The fourth-order valence-corrected chi connectivity index (χ4v) is 3.51. The molecule has 0 saturated carbocycles. The van der Waals surface area contributed by atoms with Crippen molar-refractivity contribution in [1.29, 1.82) is 0 Å². The molecule has 136 valence electrons. The minimum Gasteiger partial charge on any atom is -0.478 e. The number of carbonyl (C=O) groups is 1. The number of hydrogen-bond donors (Lipinski definition) is 1. The van der Waals surface area contributed by atoms with Crippen LogP contribution in [0.4, 0.5) is 0 Å². The van der Waals surface area contributed by atoms with Gasteiger partial charge in [0.25, 0.3) is 5.78 Å². The predicted molar refractivity (Wildman–Crippen MR) is 102 cm³/mol. The maximum absolute atomic E-state index is 10.9. The number of aromatic nitrogens is 4. The predicted octanol–water partition coefficient (Wildman–Crippen LogP) is 4.02. The van der Waals surface area contributed by atoms with Gasteiger partial charge < -0.3 is 5.11 Å². The van der Waals surface area contributed by atoms with Crippen LogP contribution in [0.2, 0.25) is 0 Å². The molecule has 0 aliphatic carbocycles. The summed E-state index contributed by atoms with van der Waals surface area (Å²) in [7, 11) is 0. The Balaban J connectivity index is 1.79. The third-order valence-corrected chi connectivity index (χ3v) is 4.91. The first-order valence-corrected chi connectivity index (χ1v) is 9.79. The van der Waals surface area contributed by atoms with E-state index in [0.29, 0.717) is 22.3 Å². The first kappa shape index (κ1) is 18.4. The Morgan fingerprint density at radius 1 is 1.12 bits per heavy atom. The van der Waals surface area contributed by atoms with Crippen LogP contribution in [0.3, 0.4) is 0 Å². The highest BCUT2D eigenvalue weighted by atomic mass is 32.2. The number of nitrogens with zero attached hydrogens (tertiary/aromatic N) is 4. The van der Waals surface area contributed by atoms with E-state index in [9.17, 15) is 4.79 Å². The highest BCUT2D eigenvalue weighted by Gasteiger charge is 2.11.